The van der Waals surface area contributed by atoms with Gasteiger partial charge in [-0.2, -0.15) is 0 Å². The van der Waals surface area contributed by atoms with Gasteiger partial charge in [0.2, 0.25) is 21.8 Å². The summed E-state index contributed by atoms with van der Waals surface area (Å²) in [5.74, 6) is -1.51. The largest absolute Gasteiger partial charge is 0.350 e. The van der Waals surface area contributed by atoms with Gasteiger partial charge in [0, 0.05) is 12.1 Å². The molecule has 0 saturated carbocycles. The van der Waals surface area contributed by atoms with Crippen molar-refractivity contribution in [2.75, 3.05) is 17.1 Å². The Balaban J connectivity index is 2.43. The first-order chi connectivity index (χ1) is 15.3. The monoisotopic (exact) mass is 477 g/mol. The van der Waals surface area contributed by atoms with Crippen molar-refractivity contribution < 1.29 is 22.4 Å². The second-order valence-corrected chi connectivity index (χ2v) is 10.8. The van der Waals surface area contributed by atoms with Crippen molar-refractivity contribution in [3.63, 3.8) is 0 Å². The van der Waals surface area contributed by atoms with Gasteiger partial charge in [0.15, 0.2) is 0 Å². The summed E-state index contributed by atoms with van der Waals surface area (Å²) in [7, 11) is -3.90. The van der Waals surface area contributed by atoms with Gasteiger partial charge in [0.25, 0.3) is 0 Å². The highest BCUT2D eigenvalue weighted by molar-refractivity contribution is 7.92. The van der Waals surface area contributed by atoms with Crippen LogP contribution < -0.4 is 9.62 Å². The van der Waals surface area contributed by atoms with Crippen LogP contribution in [-0.4, -0.2) is 49.5 Å². The predicted octanol–water partition coefficient (Wildman–Crippen LogP) is 3.31. The van der Waals surface area contributed by atoms with Crippen LogP contribution in [0.15, 0.2) is 54.6 Å². The number of amides is 2. The summed E-state index contributed by atoms with van der Waals surface area (Å²) in [6.45, 7) is 6.88. The predicted molar refractivity (Wildman–Crippen MR) is 128 cm³/mol. The molecule has 2 rings (SSSR count). The van der Waals surface area contributed by atoms with E-state index in [0.29, 0.717) is 6.42 Å². The van der Waals surface area contributed by atoms with Crippen LogP contribution in [0.1, 0.15) is 39.7 Å². The highest BCUT2D eigenvalue weighted by Crippen LogP contribution is 2.20. The molecule has 0 aliphatic carbocycles. The van der Waals surface area contributed by atoms with Crippen LogP contribution >= 0.6 is 0 Å². The van der Waals surface area contributed by atoms with Crippen molar-refractivity contribution in [3.8, 4) is 0 Å². The van der Waals surface area contributed by atoms with Gasteiger partial charge in [-0.3, -0.25) is 13.9 Å². The van der Waals surface area contributed by atoms with E-state index in [1.165, 1.54) is 23.1 Å². The average Bonchev–Trinajstić information content (AvgIpc) is 2.70. The minimum atomic E-state index is -3.90. The van der Waals surface area contributed by atoms with E-state index in [4.69, 9.17) is 0 Å². The smallest absolute Gasteiger partial charge is 0.244 e. The molecule has 9 heteroatoms. The van der Waals surface area contributed by atoms with Crippen molar-refractivity contribution in [2.24, 2.45) is 0 Å². The molecule has 2 aromatic rings. The van der Waals surface area contributed by atoms with E-state index >= 15 is 0 Å². The van der Waals surface area contributed by atoms with E-state index in [9.17, 15) is 22.4 Å². The molecule has 0 aliphatic heterocycles. The Morgan fingerprint density at radius 1 is 1.06 bits per heavy atom. The van der Waals surface area contributed by atoms with E-state index in [1.807, 2.05) is 51.1 Å². The Kier molecular flexibility index (Phi) is 8.60. The molecule has 0 fully saturated rings. The molecule has 0 spiro atoms. The molecule has 0 bridgehead atoms. The maximum atomic E-state index is 13.8. The van der Waals surface area contributed by atoms with E-state index in [2.05, 4.69) is 5.32 Å². The fraction of sp³-hybridized carbons (Fsp3) is 0.417. The zero-order valence-electron chi connectivity index (χ0n) is 19.7. The SMILES string of the molecule is CC[C@@H](C(=O)NC(C)(C)C)N(Cc1ccccc1)C(=O)CN(c1cccc(F)c1)S(C)(=O)=O. The summed E-state index contributed by atoms with van der Waals surface area (Å²) in [5, 5.41) is 2.90. The molecule has 2 aromatic carbocycles. The lowest BCUT2D eigenvalue weighted by atomic mass is 10.1. The van der Waals surface area contributed by atoms with Crippen molar-refractivity contribution in [1.82, 2.24) is 10.2 Å². The minimum Gasteiger partial charge on any atom is -0.350 e. The third kappa shape index (κ3) is 7.85. The van der Waals surface area contributed by atoms with Gasteiger partial charge < -0.3 is 10.2 Å². The van der Waals surface area contributed by atoms with Crippen molar-refractivity contribution in [2.45, 2.75) is 52.2 Å². The van der Waals surface area contributed by atoms with E-state index in [-0.39, 0.29) is 18.1 Å². The molecule has 180 valence electrons. The van der Waals surface area contributed by atoms with Gasteiger partial charge in [-0.15, -0.1) is 0 Å². The van der Waals surface area contributed by atoms with Gasteiger partial charge in [-0.05, 0) is 51.0 Å². The number of halogens is 1. The number of rotatable bonds is 9. The van der Waals surface area contributed by atoms with E-state index < -0.39 is 39.9 Å². The molecule has 0 radical (unpaired) electrons. The van der Waals surface area contributed by atoms with E-state index in [1.54, 1.807) is 6.92 Å². The zero-order chi connectivity index (χ0) is 24.8. The van der Waals surface area contributed by atoms with Crippen LogP contribution in [0.25, 0.3) is 0 Å². The standard InChI is InChI=1S/C24H32FN3O4S/c1-6-21(23(30)26-24(2,3)4)27(16-18-11-8-7-9-12-18)22(29)17-28(33(5,31)32)20-14-10-13-19(25)15-20/h7-15,21H,6,16-17H2,1-5H3,(H,26,30)/t21-/m0/s1. The first kappa shape index (κ1) is 26.3. The summed E-state index contributed by atoms with van der Waals surface area (Å²) in [5.41, 5.74) is 0.328. The summed E-state index contributed by atoms with van der Waals surface area (Å²) >= 11 is 0. The lowest BCUT2D eigenvalue weighted by molar-refractivity contribution is -0.141. The first-order valence-corrected chi connectivity index (χ1v) is 12.6. The Morgan fingerprint density at radius 3 is 2.21 bits per heavy atom. The zero-order valence-corrected chi connectivity index (χ0v) is 20.5. The molecule has 0 heterocycles. The molecular formula is C24H32FN3O4S. The van der Waals surface area contributed by atoms with Crippen molar-refractivity contribution in [1.29, 1.82) is 0 Å². The minimum absolute atomic E-state index is 0.0395. The molecule has 1 atom stereocenters. The number of anilines is 1. The molecule has 0 aliphatic rings. The maximum absolute atomic E-state index is 13.8. The Morgan fingerprint density at radius 2 is 1.70 bits per heavy atom. The average molecular weight is 478 g/mol. The van der Waals surface area contributed by atoms with Gasteiger partial charge in [-0.1, -0.05) is 43.3 Å². The number of hydrogen-bond acceptors (Lipinski definition) is 4. The van der Waals surface area contributed by atoms with Gasteiger partial charge in [-0.25, -0.2) is 12.8 Å². The fourth-order valence-electron chi connectivity index (χ4n) is 3.40. The van der Waals surface area contributed by atoms with Crippen LogP contribution in [0, 0.1) is 5.82 Å². The number of sulfonamides is 1. The number of benzene rings is 2. The van der Waals surface area contributed by atoms with Crippen LogP contribution in [0.3, 0.4) is 0 Å². The first-order valence-electron chi connectivity index (χ1n) is 10.7. The molecule has 0 unspecified atom stereocenters. The second-order valence-electron chi connectivity index (χ2n) is 8.92. The molecule has 7 nitrogen and oxygen atoms in total. The molecule has 1 N–H and O–H groups in total. The third-order valence-corrected chi connectivity index (χ3v) is 6.00. The topological polar surface area (TPSA) is 86.8 Å². The summed E-state index contributed by atoms with van der Waals surface area (Å²) in [6, 6.07) is 13.4. The van der Waals surface area contributed by atoms with Crippen molar-refractivity contribution >= 4 is 27.5 Å². The summed E-state index contributed by atoms with van der Waals surface area (Å²) in [4.78, 5) is 27.9. The van der Waals surface area contributed by atoms with Crippen LogP contribution in [0.2, 0.25) is 0 Å². The maximum Gasteiger partial charge on any atom is 0.244 e. The van der Waals surface area contributed by atoms with Gasteiger partial charge in [0.1, 0.15) is 18.4 Å². The summed E-state index contributed by atoms with van der Waals surface area (Å²) in [6.07, 6.45) is 1.29. The molecule has 2 amide bonds. The second kappa shape index (κ2) is 10.8. The highest BCUT2D eigenvalue weighted by atomic mass is 32.2. The third-order valence-electron chi connectivity index (χ3n) is 4.86. The number of hydrogen-bond donors (Lipinski definition) is 1. The van der Waals surface area contributed by atoms with Crippen molar-refractivity contribution in [3.05, 3.63) is 66.0 Å². The van der Waals surface area contributed by atoms with Crippen LogP contribution in [0.5, 0.6) is 0 Å². The molecule has 33 heavy (non-hydrogen) atoms. The lowest BCUT2D eigenvalue weighted by Gasteiger charge is -2.34. The Bertz CT molecular complexity index is 1070. The normalized spacial score (nSPS) is 12.7. The summed E-state index contributed by atoms with van der Waals surface area (Å²) < 4.78 is 39.6. The lowest BCUT2D eigenvalue weighted by Crippen LogP contribution is -2.55. The molecular weight excluding hydrogens is 445 g/mol. The Hall–Kier alpha value is -2.94. The number of nitrogens with zero attached hydrogens (tertiary/aromatic N) is 2. The molecule has 0 aromatic heterocycles. The fourth-order valence-corrected chi connectivity index (χ4v) is 4.24. The number of carbonyl (C=O) groups excluding carboxylic acids is 2. The highest BCUT2D eigenvalue weighted by Gasteiger charge is 2.33. The Labute approximate surface area is 195 Å². The quantitative estimate of drug-likeness (QED) is 0.600. The van der Waals surface area contributed by atoms with Gasteiger partial charge >= 0.3 is 0 Å². The number of nitrogens with one attached hydrogen (secondary N) is 1. The van der Waals surface area contributed by atoms with Gasteiger partial charge in [0.05, 0.1) is 11.9 Å². The molecule has 0 saturated heterocycles. The van der Waals surface area contributed by atoms with E-state index in [0.717, 1.165) is 22.2 Å². The van der Waals surface area contributed by atoms with Crippen LogP contribution in [0.4, 0.5) is 10.1 Å². The number of carbonyl (C=O) groups is 2. The van der Waals surface area contributed by atoms with Crippen LogP contribution in [-0.2, 0) is 26.2 Å².